The number of halogens is 1. The Hall–Kier alpha value is -0.0900. The molecule has 72 valence electrons. The van der Waals surface area contributed by atoms with Crippen LogP contribution in [0.3, 0.4) is 0 Å². The molecule has 0 N–H and O–H groups in total. The van der Waals surface area contributed by atoms with Crippen molar-refractivity contribution >= 4 is 27.3 Å². The summed E-state index contributed by atoms with van der Waals surface area (Å²) in [6.07, 6.45) is 5.29. The molecule has 1 aliphatic carbocycles. The van der Waals surface area contributed by atoms with Crippen LogP contribution in [-0.2, 0) is 0 Å². The molecule has 1 saturated carbocycles. The van der Waals surface area contributed by atoms with E-state index in [4.69, 9.17) is 4.74 Å². The third-order valence-corrected chi connectivity index (χ3v) is 4.44. The number of ether oxygens (including phenoxy) is 1. The Morgan fingerprint density at radius 2 is 2.15 bits per heavy atom. The fourth-order valence-corrected chi connectivity index (χ4v) is 3.43. The second-order valence-corrected chi connectivity index (χ2v) is 5.06. The maximum absolute atomic E-state index is 5.19. The van der Waals surface area contributed by atoms with Crippen LogP contribution in [0.2, 0.25) is 0 Å². The third kappa shape index (κ3) is 1.89. The molecule has 0 aliphatic heterocycles. The van der Waals surface area contributed by atoms with Gasteiger partial charge in [-0.1, -0.05) is 24.2 Å². The van der Waals surface area contributed by atoms with Crippen molar-refractivity contribution in [3.05, 3.63) is 9.61 Å². The highest BCUT2D eigenvalue weighted by Crippen LogP contribution is 2.41. The Morgan fingerprint density at radius 3 is 2.69 bits per heavy atom. The zero-order valence-corrected chi connectivity index (χ0v) is 9.95. The maximum atomic E-state index is 5.19. The smallest absolute Gasteiger partial charge is 0.208 e. The van der Waals surface area contributed by atoms with Gasteiger partial charge in [-0.15, -0.1) is 0 Å². The minimum Gasteiger partial charge on any atom is -0.485 e. The topological polar surface area (TPSA) is 22.1 Å². The molecular formula is C9H12BrNOS. The van der Waals surface area contributed by atoms with E-state index in [-0.39, 0.29) is 0 Å². The lowest BCUT2D eigenvalue weighted by atomic mass is 10.1. The summed E-state index contributed by atoms with van der Waals surface area (Å²) < 4.78 is 6.06. The lowest BCUT2D eigenvalue weighted by molar-refractivity contribution is 0.423. The average molecular weight is 262 g/mol. The van der Waals surface area contributed by atoms with Crippen molar-refractivity contribution in [3.63, 3.8) is 0 Å². The molecule has 1 aromatic rings. The predicted octanol–water partition coefficient (Wildman–Crippen LogP) is 3.57. The Balaban J connectivity index is 2.20. The number of thiazole rings is 1. The van der Waals surface area contributed by atoms with Crippen LogP contribution < -0.4 is 4.74 Å². The van der Waals surface area contributed by atoms with Gasteiger partial charge in [-0.25, -0.2) is 4.98 Å². The van der Waals surface area contributed by atoms with Crippen LogP contribution in [0.4, 0.5) is 0 Å². The van der Waals surface area contributed by atoms with Crippen molar-refractivity contribution < 1.29 is 4.74 Å². The highest BCUT2D eigenvalue weighted by atomic mass is 79.9. The fourth-order valence-electron chi connectivity index (χ4n) is 1.78. The van der Waals surface area contributed by atoms with E-state index in [0.29, 0.717) is 5.92 Å². The summed E-state index contributed by atoms with van der Waals surface area (Å²) in [7, 11) is 1.69. The monoisotopic (exact) mass is 261 g/mol. The standard InChI is InChI=1S/C9H12BrNOS/c1-12-9-7(10)11-8(13-9)6-4-2-3-5-6/h6H,2-5H2,1H3. The van der Waals surface area contributed by atoms with Gasteiger partial charge in [-0.05, 0) is 28.8 Å². The zero-order valence-electron chi connectivity index (χ0n) is 7.55. The van der Waals surface area contributed by atoms with Gasteiger partial charge in [0.05, 0.1) is 7.11 Å². The van der Waals surface area contributed by atoms with Gasteiger partial charge in [0, 0.05) is 5.92 Å². The molecule has 0 aromatic carbocycles. The number of hydrogen-bond donors (Lipinski definition) is 0. The highest BCUT2D eigenvalue weighted by molar-refractivity contribution is 9.10. The minimum absolute atomic E-state index is 0.685. The van der Waals surface area contributed by atoms with E-state index in [2.05, 4.69) is 20.9 Å². The molecule has 0 amide bonds. The van der Waals surface area contributed by atoms with Crippen molar-refractivity contribution in [1.29, 1.82) is 0 Å². The first-order valence-corrected chi connectivity index (χ1v) is 6.12. The van der Waals surface area contributed by atoms with Crippen molar-refractivity contribution in [2.45, 2.75) is 31.6 Å². The molecule has 0 saturated heterocycles. The molecule has 0 radical (unpaired) electrons. The maximum Gasteiger partial charge on any atom is 0.208 e. The van der Waals surface area contributed by atoms with Crippen LogP contribution in [0.25, 0.3) is 0 Å². The van der Waals surface area contributed by atoms with E-state index < -0.39 is 0 Å². The number of hydrogen-bond acceptors (Lipinski definition) is 3. The van der Waals surface area contributed by atoms with Crippen molar-refractivity contribution in [1.82, 2.24) is 4.98 Å². The third-order valence-electron chi connectivity index (χ3n) is 2.46. The van der Waals surface area contributed by atoms with Crippen LogP contribution in [-0.4, -0.2) is 12.1 Å². The van der Waals surface area contributed by atoms with Gasteiger partial charge in [0.1, 0.15) is 5.01 Å². The van der Waals surface area contributed by atoms with Crippen LogP contribution in [0.15, 0.2) is 4.60 Å². The Bertz CT molecular complexity index is 294. The lowest BCUT2D eigenvalue weighted by Gasteiger charge is -2.01. The van der Waals surface area contributed by atoms with Gasteiger partial charge in [-0.2, -0.15) is 0 Å². The Kier molecular flexibility index (Phi) is 2.89. The molecule has 0 spiro atoms. The highest BCUT2D eigenvalue weighted by Gasteiger charge is 2.22. The van der Waals surface area contributed by atoms with E-state index in [1.165, 1.54) is 30.7 Å². The number of methoxy groups -OCH3 is 1. The second kappa shape index (κ2) is 3.96. The molecular weight excluding hydrogens is 250 g/mol. The summed E-state index contributed by atoms with van der Waals surface area (Å²) in [6, 6.07) is 0. The van der Waals surface area contributed by atoms with Crippen LogP contribution in [0, 0.1) is 0 Å². The van der Waals surface area contributed by atoms with Gasteiger partial charge in [0.2, 0.25) is 5.06 Å². The predicted molar refractivity (Wildman–Crippen MR) is 57.6 cm³/mol. The molecule has 1 fully saturated rings. The number of nitrogens with zero attached hydrogens (tertiary/aromatic N) is 1. The first kappa shape index (κ1) is 9.46. The molecule has 1 heterocycles. The second-order valence-electron chi connectivity index (χ2n) is 3.32. The summed E-state index contributed by atoms with van der Waals surface area (Å²) in [5.74, 6) is 0.685. The number of rotatable bonds is 2. The first-order valence-electron chi connectivity index (χ1n) is 4.51. The zero-order chi connectivity index (χ0) is 9.26. The summed E-state index contributed by atoms with van der Waals surface area (Å²) >= 11 is 5.08. The summed E-state index contributed by atoms with van der Waals surface area (Å²) in [6.45, 7) is 0. The SMILES string of the molecule is COc1sc(C2CCCC2)nc1Br. The Labute approximate surface area is 90.5 Å². The normalized spacial score (nSPS) is 18.0. The molecule has 1 aromatic heterocycles. The van der Waals surface area contributed by atoms with Gasteiger partial charge in [0.25, 0.3) is 0 Å². The summed E-state index contributed by atoms with van der Waals surface area (Å²) in [5, 5.41) is 2.14. The molecule has 0 atom stereocenters. The van der Waals surface area contributed by atoms with E-state index in [0.717, 1.165) is 9.67 Å². The fraction of sp³-hybridized carbons (Fsp3) is 0.667. The lowest BCUT2D eigenvalue weighted by Crippen LogP contribution is -1.89. The molecule has 2 rings (SSSR count). The van der Waals surface area contributed by atoms with Gasteiger partial charge >= 0.3 is 0 Å². The van der Waals surface area contributed by atoms with Crippen molar-refractivity contribution in [3.8, 4) is 5.06 Å². The molecule has 2 nitrogen and oxygen atoms in total. The van der Waals surface area contributed by atoms with Crippen LogP contribution >= 0.6 is 27.3 Å². The van der Waals surface area contributed by atoms with E-state index in [1.54, 1.807) is 18.4 Å². The van der Waals surface area contributed by atoms with Gasteiger partial charge < -0.3 is 4.74 Å². The summed E-state index contributed by atoms with van der Waals surface area (Å²) in [4.78, 5) is 4.47. The van der Waals surface area contributed by atoms with Crippen molar-refractivity contribution in [2.75, 3.05) is 7.11 Å². The Morgan fingerprint density at radius 1 is 1.46 bits per heavy atom. The van der Waals surface area contributed by atoms with Gasteiger partial charge in [-0.3, -0.25) is 0 Å². The van der Waals surface area contributed by atoms with Crippen molar-refractivity contribution in [2.24, 2.45) is 0 Å². The van der Waals surface area contributed by atoms with Gasteiger partial charge in [0.15, 0.2) is 4.60 Å². The number of aromatic nitrogens is 1. The summed E-state index contributed by atoms with van der Waals surface area (Å²) in [5.41, 5.74) is 0. The molecule has 0 unspecified atom stereocenters. The first-order chi connectivity index (χ1) is 6.31. The molecule has 13 heavy (non-hydrogen) atoms. The van der Waals surface area contributed by atoms with Crippen LogP contribution in [0.5, 0.6) is 5.06 Å². The van der Waals surface area contributed by atoms with E-state index >= 15 is 0 Å². The average Bonchev–Trinajstić information content (AvgIpc) is 2.71. The van der Waals surface area contributed by atoms with E-state index in [9.17, 15) is 0 Å². The quantitative estimate of drug-likeness (QED) is 0.812. The molecule has 0 bridgehead atoms. The van der Waals surface area contributed by atoms with E-state index in [1.807, 2.05) is 0 Å². The van der Waals surface area contributed by atoms with Crippen LogP contribution in [0.1, 0.15) is 36.6 Å². The minimum atomic E-state index is 0.685. The molecule has 4 heteroatoms. The largest absolute Gasteiger partial charge is 0.485 e. The molecule has 1 aliphatic rings.